The van der Waals surface area contributed by atoms with Crippen LogP contribution in [0.25, 0.3) is 6.08 Å². The van der Waals surface area contributed by atoms with Crippen LogP contribution in [0.15, 0.2) is 42.5 Å². The molecule has 0 aromatic heterocycles. The van der Waals surface area contributed by atoms with Gasteiger partial charge in [0, 0.05) is 11.6 Å². The number of phenols is 2. The van der Waals surface area contributed by atoms with E-state index in [1.165, 1.54) is 0 Å². The molecule has 2 rings (SSSR count). The molecule has 0 atom stereocenters. The van der Waals surface area contributed by atoms with Gasteiger partial charge >= 0.3 is 0 Å². The summed E-state index contributed by atoms with van der Waals surface area (Å²) in [6, 6.07) is 14.6. The maximum absolute atomic E-state index is 9.70. The average Bonchev–Trinajstić information content (AvgIpc) is 2.51. The largest absolute Gasteiger partial charge is 0.504 e. The second-order valence-electron chi connectivity index (χ2n) is 4.40. The smallest absolute Gasteiger partial charge is 0.176 e. The lowest BCUT2D eigenvalue weighted by Gasteiger charge is -2.06. The molecule has 0 amide bonds. The number of benzene rings is 2. The summed E-state index contributed by atoms with van der Waals surface area (Å²) in [6.07, 6.45) is 4.06. The van der Waals surface area contributed by atoms with E-state index in [-0.39, 0.29) is 11.1 Å². The lowest BCUT2D eigenvalue weighted by molar-refractivity contribution is 0.402. The Morgan fingerprint density at radius 1 is 1.05 bits per heavy atom. The molecular formula is C17H12N2O2. The highest BCUT2D eigenvalue weighted by Gasteiger charge is 2.15. The summed E-state index contributed by atoms with van der Waals surface area (Å²) in [5, 5.41) is 37.4. The van der Waals surface area contributed by atoms with Crippen molar-refractivity contribution in [3.8, 4) is 23.6 Å². The van der Waals surface area contributed by atoms with Crippen LogP contribution in [0.3, 0.4) is 0 Å². The Morgan fingerprint density at radius 2 is 1.76 bits per heavy atom. The van der Waals surface area contributed by atoms with Gasteiger partial charge in [-0.3, -0.25) is 0 Å². The molecule has 4 heteroatoms. The van der Waals surface area contributed by atoms with Crippen LogP contribution in [0.4, 0.5) is 0 Å². The van der Waals surface area contributed by atoms with Gasteiger partial charge in [-0.2, -0.15) is 10.5 Å². The quantitative estimate of drug-likeness (QED) is 0.843. The molecule has 0 unspecified atom stereocenters. The fraction of sp³-hybridized carbons (Fsp3) is 0.0588. The molecule has 102 valence electrons. The molecule has 2 aromatic rings. The van der Waals surface area contributed by atoms with E-state index in [1.807, 2.05) is 48.5 Å². The van der Waals surface area contributed by atoms with Gasteiger partial charge in [-0.15, -0.1) is 0 Å². The highest BCUT2D eigenvalue weighted by molar-refractivity contribution is 5.71. The SMILES string of the molecule is N#Cc1cc(O)c(O)c(C#N)c1C=CCc1ccccc1. The molecule has 0 saturated heterocycles. The summed E-state index contributed by atoms with van der Waals surface area (Å²) in [5.41, 5.74) is 1.45. The third-order valence-corrected chi connectivity index (χ3v) is 3.03. The van der Waals surface area contributed by atoms with Crippen molar-refractivity contribution < 1.29 is 10.2 Å². The number of rotatable bonds is 3. The van der Waals surface area contributed by atoms with Crippen LogP contribution < -0.4 is 0 Å². The molecule has 2 aromatic carbocycles. The average molecular weight is 276 g/mol. The Balaban J connectivity index is 2.38. The summed E-state index contributed by atoms with van der Waals surface area (Å²) < 4.78 is 0. The van der Waals surface area contributed by atoms with E-state index in [0.29, 0.717) is 12.0 Å². The Morgan fingerprint density at radius 3 is 2.38 bits per heavy atom. The van der Waals surface area contributed by atoms with Gasteiger partial charge in [0.2, 0.25) is 0 Å². The minimum atomic E-state index is -0.504. The fourth-order valence-electron chi connectivity index (χ4n) is 1.98. The summed E-state index contributed by atoms with van der Waals surface area (Å²) in [4.78, 5) is 0. The molecule has 0 spiro atoms. The standard InChI is InChI=1S/C17H12N2O2/c18-10-13-9-16(20)17(21)15(11-19)14(13)8-4-7-12-5-2-1-3-6-12/h1-6,8-9,20-21H,7H2. The Bertz CT molecular complexity index is 766. The summed E-state index contributed by atoms with van der Waals surface area (Å²) in [6.45, 7) is 0. The third-order valence-electron chi connectivity index (χ3n) is 3.03. The molecule has 2 N–H and O–H groups in total. The molecule has 0 bridgehead atoms. The molecule has 4 nitrogen and oxygen atoms in total. The number of phenolic OH excluding ortho intramolecular Hbond substituents is 2. The zero-order valence-corrected chi connectivity index (χ0v) is 11.1. The van der Waals surface area contributed by atoms with E-state index >= 15 is 0 Å². The summed E-state index contributed by atoms with van der Waals surface area (Å²) in [7, 11) is 0. The van der Waals surface area contributed by atoms with Crippen molar-refractivity contribution >= 4 is 6.08 Å². The highest BCUT2D eigenvalue weighted by atomic mass is 16.3. The van der Waals surface area contributed by atoms with Crippen molar-refractivity contribution in [2.24, 2.45) is 0 Å². The zero-order valence-electron chi connectivity index (χ0n) is 11.1. The molecule has 0 aliphatic rings. The van der Waals surface area contributed by atoms with E-state index in [0.717, 1.165) is 11.6 Å². The first-order valence-electron chi connectivity index (χ1n) is 6.27. The fourth-order valence-corrected chi connectivity index (χ4v) is 1.98. The van der Waals surface area contributed by atoms with Crippen LogP contribution in [0.5, 0.6) is 11.5 Å². The van der Waals surface area contributed by atoms with Crippen LogP contribution in [0.2, 0.25) is 0 Å². The minimum absolute atomic E-state index is 0.101. The molecular weight excluding hydrogens is 264 g/mol. The maximum Gasteiger partial charge on any atom is 0.176 e. The van der Waals surface area contributed by atoms with Crippen LogP contribution in [-0.4, -0.2) is 10.2 Å². The predicted octanol–water partition coefficient (Wildman–Crippen LogP) is 3.10. The van der Waals surface area contributed by atoms with Gasteiger partial charge < -0.3 is 10.2 Å². The molecule has 21 heavy (non-hydrogen) atoms. The second kappa shape index (κ2) is 6.27. The van der Waals surface area contributed by atoms with Crippen LogP contribution in [0, 0.1) is 22.7 Å². The summed E-state index contributed by atoms with van der Waals surface area (Å²) in [5.74, 6) is -0.973. The lowest BCUT2D eigenvalue weighted by Crippen LogP contribution is -1.90. The van der Waals surface area contributed by atoms with Crippen LogP contribution in [0.1, 0.15) is 22.3 Å². The van der Waals surface area contributed by atoms with Crippen molar-refractivity contribution in [1.29, 1.82) is 10.5 Å². The number of nitriles is 2. The molecule has 0 fully saturated rings. The van der Waals surface area contributed by atoms with Crippen molar-refractivity contribution in [2.75, 3.05) is 0 Å². The van der Waals surface area contributed by atoms with Crippen molar-refractivity contribution in [2.45, 2.75) is 6.42 Å². The number of nitrogens with zero attached hydrogens (tertiary/aromatic N) is 2. The number of aromatic hydroxyl groups is 2. The topological polar surface area (TPSA) is 88.0 Å². The highest BCUT2D eigenvalue weighted by Crippen LogP contribution is 2.34. The third kappa shape index (κ3) is 3.02. The molecule has 0 aliphatic carbocycles. The van der Waals surface area contributed by atoms with E-state index in [9.17, 15) is 10.2 Å². The van der Waals surface area contributed by atoms with E-state index in [2.05, 4.69) is 0 Å². The Kier molecular flexibility index (Phi) is 4.23. The number of hydrogen-bond acceptors (Lipinski definition) is 4. The predicted molar refractivity (Wildman–Crippen MR) is 78.4 cm³/mol. The Hall–Kier alpha value is -3.24. The molecule has 0 radical (unpaired) electrons. The van der Waals surface area contributed by atoms with Crippen molar-refractivity contribution in [1.82, 2.24) is 0 Å². The van der Waals surface area contributed by atoms with E-state index in [4.69, 9.17) is 10.5 Å². The Labute approximate surface area is 122 Å². The van der Waals surface area contributed by atoms with Gasteiger partial charge in [-0.05, 0) is 12.0 Å². The van der Waals surface area contributed by atoms with Crippen molar-refractivity contribution in [3.63, 3.8) is 0 Å². The van der Waals surface area contributed by atoms with Crippen molar-refractivity contribution in [3.05, 3.63) is 64.7 Å². The maximum atomic E-state index is 9.70. The number of hydrogen-bond donors (Lipinski definition) is 2. The number of allylic oxidation sites excluding steroid dienone is 1. The van der Waals surface area contributed by atoms with E-state index in [1.54, 1.807) is 6.08 Å². The zero-order chi connectivity index (χ0) is 15.2. The van der Waals surface area contributed by atoms with Gasteiger partial charge in [0.1, 0.15) is 11.6 Å². The van der Waals surface area contributed by atoms with Gasteiger partial charge in [-0.1, -0.05) is 42.5 Å². The first-order valence-corrected chi connectivity index (χ1v) is 6.27. The van der Waals surface area contributed by atoms with Crippen LogP contribution in [-0.2, 0) is 6.42 Å². The minimum Gasteiger partial charge on any atom is -0.504 e. The van der Waals surface area contributed by atoms with Gasteiger partial charge in [0.15, 0.2) is 11.5 Å². The van der Waals surface area contributed by atoms with E-state index < -0.39 is 11.5 Å². The van der Waals surface area contributed by atoms with Crippen LogP contribution >= 0.6 is 0 Å². The molecule has 0 saturated carbocycles. The lowest BCUT2D eigenvalue weighted by atomic mass is 9.99. The van der Waals surface area contributed by atoms with Gasteiger partial charge in [0.25, 0.3) is 0 Å². The second-order valence-corrected chi connectivity index (χ2v) is 4.40. The summed E-state index contributed by atoms with van der Waals surface area (Å²) >= 11 is 0. The van der Waals surface area contributed by atoms with Gasteiger partial charge in [-0.25, -0.2) is 0 Å². The monoisotopic (exact) mass is 276 g/mol. The first-order chi connectivity index (χ1) is 10.2. The van der Waals surface area contributed by atoms with Gasteiger partial charge in [0.05, 0.1) is 11.6 Å². The molecule has 0 heterocycles. The first kappa shape index (κ1) is 14.2. The molecule has 0 aliphatic heterocycles. The normalized spacial score (nSPS) is 10.2.